The molecular formula is C11H16N2O3S2. The number of carbonyl (C=O) groups excluding carboxylic acids is 1. The molecule has 0 aromatic heterocycles. The van der Waals surface area contributed by atoms with Gasteiger partial charge in [-0.25, -0.2) is 13.1 Å². The zero-order chi connectivity index (χ0) is 13.6. The molecule has 1 aromatic rings. The summed E-state index contributed by atoms with van der Waals surface area (Å²) in [5.74, 6) is -0.190. The summed E-state index contributed by atoms with van der Waals surface area (Å²) in [5, 5.41) is 2.70. The van der Waals surface area contributed by atoms with Gasteiger partial charge in [-0.1, -0.05) is 6.07 Å². The van der Waals surface area contributed by atoms with Crippen LogP contribution in [0.25, 0.3) is 0 Å². The molecule has 0 aliphatic heterocycles. The Hall–Kier alpha value is -1.05. The number of hydrogen-bond acceptors (Lipinski definition) is 4. The van der Waals surface area contributed by atoms with Crippen molar-refractivity contribution in [2.75, 3.05) is 19.3 Å². The Bertz CT molecular complexity index is 515. The lowest BCUT2D eigenvalue weighted by Gasteiger charge is -2.06. The van der Waals surface area contributed by atoms with Crippen molar-refractivity contribution in [3.05, 3.63) is 29.8 Å². The van der Waals surface area contributed by atoms with E-state index in [1.54, 1.807) is 24.3 Å². The Kier molecular flexibility index (Phi) is 5.64. The average Bonchev–Trinajstić information content (AvgIpc) is 2.26. The van der Waals surface area contributed by atoms with E-state index in [2.05, 4.69) is 22.7 Å². The van der Waals surface area contributed by atoms with Crippen LogP contribution in [-0.4, -0.2) is 33.7 Å². The average molecular weight is 288 g/mol. The van der Waals surface area contributed by atoms with Crippen LogP contribution in [0.1, 0.15) is 16.8 Å². The minimum atomic E-state index is -3.16. The van der Waals surface area contributed by atoms with E-state index >= 15 is 0 Å². The highest BCUT2D eigenvalue weighted by Crippen LogP contribution is 2.08. The van der Waals surface area contributed by atoms with Gasteiger partial charge in [-0.2, -0.15) is 0 Å². The highest BCUT2D eigenvalue weighted by molar-refractivity contribution is 7.88. The molecule has 0 spiro atoms. The summed E-state index contributed by atoms with van der Waals surface area (Å²) in [6.45, 7) is 0.726. The maximum Gasteiger partial charge on any atom is 0.251 e. The molecule has 5 nitrogen and oxygen atoms in total. The molecule has 0 radical (unpaired) electrons. The summed E-state index contributed by atoms with van der Waals surface area (Å²) < 4.78 is 23.9. The number of rotatable bonds is 6. The van der Waals surface area contributed by atoms with E-state index in [9.17, 15) is 13.2 Å². The number of thiol groups is 1. The molecule has 0 fully saturated rings. The second-order valence-electron chi connectivity index (χ2n) is 3.83. The zero-order valence-electron chi connectivity index (χ0n) is 10.0. The van der Waals surface area contributed by atoms with Gasteiger partial charge < -0.3 is 5.32 Å². The molecule has 0 aliphatic rings. The summed E-state index contributed by atoms with van der Waals surface area (Å²) in [6, 6.07) is 6.91. The molecule has 1 rings (SSSR count). The van der Waals surface area contributed by atoms with E-state index in [4.69, 9.17) is 0 Å². The molecule has 0 aliphatic carbocycles. The van der Waals surface area contributed by atoms with E-state index < -0.39 is 10.0 Å². The van der Waals surface area contributed by atoms with Gasteiger partial charge in [0.05, 0.1) is 6.26 Å². The first-order chi connectivity index (χ1) is 8.38. The summed E-state index contributed by atoms with van der Waals surface area (Å²) >= 11 is 4.15. The molecule has 0 saturated carbocycles. The highest BCUT2D eigenvalue weighted by Gasteiger charge is 2.04. The third kappa shape index (κ3) is 6.04. The lowest BCUT2D eigenvalue weighted by Crippen LogP contribution is -2.29. The van der Waals surface area contributed by atoms with Gasteiger partial charge in [-0.05, 0) is 24.6 Å². The van der Waals surface area contributed by atoms with Crippen molar-refractivity contribution in [3.8, 4) is 0 Å². The Morgan fingerprint density at radius 1 is 1.33 bits per heavy atom. The first-order valence-electron chi connectivity index (χ1n) is 5.40. The normalized spacial score (nSPS) is 11.2. The Morgan fingerprint density at radius 2 is 2.06 bits per heavy atom. The Balaban J connectivity index is 2.30. The van der Waals surface area contributed by atoms with Gasteiger partial charge in [0.15, 0.2) is 0 Å². The van der Waals surface area contributed by atoms with Crippen LogP contribution in [0.5, 0.6) is 0 Å². The lowest BCUT2D eigenvalue weighted by molar-refractivity contribution is 0.0953. The van der Waals surface area contributed by atoms with Gasteiger partial charge in [0, 0.05) is 23.5 Å². The van der Waals surface area contributed by atoms with E-state index in [1.807, 2.05) is 0 Å². The summed E-state index contributed by atoms with van der Waals surface area (Å²) in [4.78, 5) is 12.4. The molecule has 0 heterocycles. The van der Waals surface area contributed by atoms with Crippen LogP contribution in [0.2, 0.25) is 0 Å². The lowest BCUT2D eigenvalue weighted by atomic mass is 10.2. The molecular weight excluding hydrogens is 272 g/mol. The Morgan fingerprint density at radius 3 is 2.67 bits per heavy atom. The minimum absolute atomic E-state index is 0.190. The summed E-state index contributed by atoms with van der Waals surface area (Å²) in [7, 11) is -3.16. The number of nitrogens with one attached hydrogen (secondary N) is 2. The van der Waals surface area contributed by atoms with Gasteiger partial charge in [-0.15, -0.1) is 12.6 Å². The molecule has 1 aromatic carbocycles. The van der Waals surface area contributed by atoms with Crippen molar-refractivity contribution in [1.29, 1.82) is 0 Å². The standard InChI is InChI=1S/C11H16N2O3S2/c1-18(15,16)13-7-3-6-12-11(14)9-4-2-5-10(17)8-9/h2,4-5,8,13,17H,3,6-7H2,1H3,(H,12,14). The fourth-order valence-electron chi connectivity index (χ4n) is 1.30. The van der Waals surface area contributed by atoms with Gasteiger partial charge in [0.2, 0.25) is 10.0 Å². The largest absolute Gasteiger partial charge is 0.352 e. The van der Waals surface area contributed by atoms with Crippen molar-refractivity contribution in [2.24, 2.45) is 0 Å². The van der Waals surface area contributed by atoms with Crippen molar-refractivity contribution in [3.63, 3.8) is 0 Å². The first kappa shape index (κ1) is 15.0. The monoisotopic (exact) mass is 288 g/mol. The van der Waals surface area contributed by atoms with E-state index in [0.29, 0.717) is 25.1 Å². The summed E-state index contributed by atoms with van der Waals surface area (Å²) in [6.07, 6.45) is 1.64. The summed E-state index contributed by atoms with van der Waals surface area (Å²) in [5.41, 5.74) is 0.540. The van der Waals surface area contributed by atoms with Crippen LogP contribution in [0.3, 0.4) is 0 Å². The van der Waals surface area contributed by atoms with E-state index in [-0.39, 0.29) is 5.91 Å². The molecule has 0 bridgehead atoms. The highest BCUT2D eigenvalue weighted by atomic mass is 32.2. The van der Waals surface area contributed by atoms with Gasteiger partial charge in [0.25, 0.3) is 5.91 Å². The molecule has 1 amide bonds. The smallest absolute Gasteiger partial charge is 0.251 e. The van der Waals surface area contributed by atoms with Crippen LogP contribution >= 0.6 is 12.6 Å². The molecule has 0 unspecified atom stereocenters. The van der Waals surface area contributed by atoms with Crippen LogP contribution in [0, 0.1) is 0 Å². The maximum absolute atomic E-state index is 11.7. The minimum Gasteiger partial charge on any atom is -0.352 e. The first-order valence-corrected chi connectivity index (χ1v) is 7.74. The molecule has 7 heteroatoms. The van der Waals surface area contributed by atoms with Crippen LogP contribution in [-0.2, 0) is 10.0 Å². The zero-order valence-corrected chi connectivity index (χ0v) is 11.7. The molecule has 0 saturated heterocycles. The molecule has 100 valence electrons. The van der Waals surface area contributed by atoms with Crippen molar-refractivity contribution in [2.45, 2.75) is 11.3 Å². The Labute approximate surface area is 112 Å². The molecule has 0 atom stereocenters. The number of sulfonamides is 1. The molecule has 18 heavy (non-hydrogen) atoms. The number of benzene rings is 1. The predicted octanol–water partition coefficient (Wildman–Crippen LogP) is 0.644. The van der Waals surface area contributed by atoms with Crippen molar-refractivity contribution >= 4 is 28.6 Å². The van der Waals surface area contributed by atoms with Crippen LogP contribution in [0.15, 0.2) is 29.2 Å². The maximum atomic E-state index is 11.7. The van der Waals surface area contributed by atoms with E-state index in [0.717, 1.165) is 11.2 Å². The van der Waals surface area contributed by atoms with E-state index in [1.165, 1.54) is 0 Å². The van der Waals surface area contributed by atoms with Crippen LogP contribution < -0.4 is 10.0 Å². The SMILES string of the molecule is CS(=O)(=O)NCCCNC(=O)c1cccc(S)c1. The fourth-order valence-corrected chi connectivity index (χ4v) is 2.04. The third-order valence-corrected chi connectivity index (χ3v) is 3.12. The van der Waals surface area contributed by atoms with Gasteiger partial charge >= 0.3 is 0 Å². The van der Waals surface area contributed by atoms with Crippen molar-refractivity contribution in [1.82, 2.24) is 10.0 Å². The topological polar surface area (TPSA) is 75.3 Å². The predicted molar refractivity (Wildman–Crippen MR) is 73.5 cm³/mol. The third-order valence-electron chi connectivity index (χ3n) is 2.11. The molecule has 2 N–H and O–H groups in total. The number of carbonyl (C=O) groups is 1. The van der Waals surface area contributed by atoms with Crippen LogP contribution in [0.4, 0.5) is 0 Å². The number of hydrogen-bond donors (Lipinski definition) is 3. The fraction of sp³-hybridized carbons (Fsp3) is 0.364. The quantitative estimate of drug-likeness (QED) is 0.531. The van der Waals surface area contributed by atoms with Gasteiger partial charge in [-0.3, -0.25) is 4.79 Å². The van der Waals surface area contributed by atoms with Gasteiger partial charge in [0.1, 0.15) is 0 Å². The van der Waals surface area contributed by atoms with Crippen molar-refractivity contribution < 1.29 is 13.2 Å². The second kappa shape index (κ2) is 6.77. The second-order valence-corrected chi connectivity index (χ2v) is 6.18. The number of amides is 1.